The molecule has 0 aliphatic heterocycles. The molecule has 0 spiro atoms. The van der Waals surface area contributed by atoms with E-state index in [1.165, 1.54) is 11.3 Å². The second-order valence-electron chi connectivity index (χ2n) is 5.97. The van der Waals surface area contributed by atoms with Crippen LogP contribution in [0.3, 0.4) is 0 Å². The number of thiazole rings is 1. The summed E-state index contributed by atoms with van der Waals surface area (Å²) in [7, 11) is 0. The van der Waals surface area contributed by atoms with Crippen LogP contribution in [0.5, 0.6) is 11.5 Å². The van der Waals surface area contributed by atoms with E-state index >= 15 is 0 Å². The average molecular weight is 385 g/mol. The third kappa shape index (κ3) is 4.39. The predicted octanol–water partition coefficient (Wildman–Crippen LogP) is 4.65. The Morgan fingerprint density at radius 3 is 2.33 bits per heavy atom. The van der Waals surface area contributed by atoms with Crippen molar-refractivity contribution in [3.05, 3.63) is 52.8 Å². The number of ether oxygens (including phenoxy) is 2. The molecule has 0 saturated carbocycles. The monoisotopic (exact) mass is 384 g/mol. The number of aryl methyl sites for hydroxylation is 1. The van der Waals surface area contributed by atoms with E-state index in [1.807, 2.05) is 32.0 Å². The number of fused-ring (bicyclic) bond motifs is 1. The first-order chi connectivity index (χ1) is 13.2. The molecule has 0 radical (unpaired) electrons. The van der Waals surface area contributed by atoms with Gasteiger partial charge in [0, 0.05) is 12.1 Å². The van der Waals surface area contributed by atoms with E-state index in [9.17, 15) is 4.79 Å². The highest BCUT2D eigenvalue weighted by Crippen LogP contribution is 2.24. The Hall–Kier alpha value is -2.60. The smallest absolute Gasteiger partial charge is 0.279 e. The minimum Gasteiger partial charge on any atom is -0.494 e. The van der Waals surface area contributed by atoms with Gasteiger partial charge in [-0.1, -0.05) is 18.3 Å². The summed E-state index contributed by atoms with van der Waals surface area (Å²) >= 11 is 1.51. The molecule has 27 heavy (non-hydrogen) atoms. The van der Waals surface area contributed by atoms with Crippen molar-refractivity contribution >= 4 is 27.5 Å². The van der Waals surface area contributed by atoms with Gasteiger partial charge >= 0.3 is 0 Å². The van der Waals surface area contributed by atoms with Gasteiger partial charge in [-0.25, -0.2) is 0 Å². The van der Waals surface area contributed by atoms with Crippen LogP contribution in [0.2, 0.25) is 0 Å². The van der Waals surface area contributed by atoms with E-state index < -0.39 is 0 Å². The number of aromatic nitrogens is 1. The lowest BCUT2D eigenvalue weighted by Gasteiger charge is -2.05. The van der Waals surface area contributed by atoms with Gasteiger partial charge in [0.25, 0.3) is 5.91 Å². The van der Waals surface area contributed by atoms with Crippen molar-refractivity contribution < 1.29 is 14.3 Å². The van der Waals surface area contributed by atoms with Gasteiger partial charge in [-0.3, -0.25) is 4.79 Å². The van der Waals surface area contributed by atoms with Gasteiger partial charge in [-0.15, -0.1) is 0 Å². The minimum atomic E-state index is -0.250. The Balaban J connectivity index is 2.00. The molecule has 2 aromatic carbocycles. The molecule has 3 rings (SSSR count). The van der Waals surface area contributed by atoms with Gasteiger partial charge in [0.2, 0.25) is 0 Å². The summed E-state index contributed by atoms with van der Waals surface area (Å²) in [6.07, 6.45) is 0.962. The van der Waals surface area contributed by atoms with Gasteiger partial charge < -0.3 is 14.0 Å². The van der Waals surface area contributed by atoms with E-state index in [1.54, 1.807) is 24.3 Å². The first-order valence-electron chi connectivity index (χ1n) is 9.24. The number of carbonyl (C=O) groups is 1. The summed E-state index contributed by atoms with van der Waals surface area (Å²) in [5.41, 5.74) is 1.62. The molecule has 0 saturated heterocycles. The summed E-state index contributed by atoms with van der Waals surface area (Å²) in [6.45, 7) is 8.04. The lowest BCUT2D eigenvalue weighted by Crippen LogP contribution is -2.16. The number of benzene rings is 2. The lowest BCUT2D eigenvalue weighted by atomic mass is 10.2. The van der Waals surface area contributed by atoms with Gasteiger partial charge in [0.1, 0.15) is 11.5 Å². The summed E-state index contributed by atoms with van der Waals surface area (Å²) in [6, 6.07) is 13.1. The lowest BCUT2D eigenvalue weighted by molar-refractivity contribution is 0.0998. The number of carbonyl (C=O) groups excluding carboxylic acids is 1. The van der Waals surface area contributed by atoms with Crippen molar-refractivity contribution in [1.82, 2.24) is 4.57 Å². The van der Waals surface area contributed by atoms with Crippen LogP contribution in [-0.4, -0.2) is 23.7 Å². The van der Waals surface area contributed by atoms with Crippen LogP contribution in [0, 0.1) is 0 Å². The number of hydrogen-bond acceptors (Lipinski definition) is 4. The standard InChI is InChI=1S/C21H24N2O3S/c1-4-13-23-18-12-11-17(26-6-3)14-19(18)27-21(23)22-20(24)15-7-9-16(10-8-15)25-5-2/h7-12,14H,4-6,13H2,1-3H3. The van der Waals surface area contributed by atoms with Crippen LogP contribution in [0.15, 0.2) is 47.5 Å². The fourth-order valence-corrected chi connectivity index (χ4v) is 3.93. The van der Waals surface area contributed by atoms with Crippen LogP contribution in [0.25, 0.3) is 10.2 Å². The van der Waals surface area contributed by atoms with Crippen LogP contribution in [-0.2, 0) is 6.54 Å². The Kier molecular flexibility index (Phi) is 6.29. The third-order valence-electron chi connectivity index (χ3n) is 4.02. The predicted molar refractivity (Wildman–Crippen MR) is 109 cm³/mol. The van der Waals surface area contributed by atoms with Crippen molar-refractivity contribution in [1.29, 1.82) is 0 Å². The molecular formula is C21H24N2O3S. The summed E-state index contributed by atoms with van der Waals surface area (Å²) < 4.78 is 14.2. The van der Waals surface area contributed by atoms with Gasteiger partial charge in [0.05, 0.1) is 23.4 Å². The zero-order valence-corrected chi connectivity index (χ0v) is 16.7. The van der Waals surface area contributed by atoms with Crippen LogP contribution < -0.4 is 14.3 Å². The Morgan fingerprint density at radius 1 is 1.00 bits per heavy atom. The molecule has 5 nitrogen and oxygen atoms in total. The van der Waals surface area contributed by atoms with Crippen molar-refractivity contribution in [2.24, 2.45) is 4.99 Å². The Bertz CT molecular complexity index is 987. The maximum atomic E-state index is 12.6. The number of nitrogens with zero attached hydrogens (tertiary/aromatic N) is 2. The molecule has 6 heteroatoms. The molecule has 0 aliphatic rings. The first kappa shape index (κ1) is 19.2. The zero-order valence-electron chi connectivity index (χ0n) is 15.9. The summed E-state index contributed by atoms with van der Waals surface area (Å²) in [5, 5.41) is 0. The minimum absolute atomic E-state index is 0.250. The number of amides is 1. The van der Waals surface area contributed by atoms with Crippen molar-refractivity contribution in [2.75, 3.05) is 13.2 Å². The SMILES string of the molecule is CCCn1c(=NC(=O)c2ccc(OCC)cc2)sc2cc(OCC)ccc21. The fraction of sp³-hybridized carbons (Fsp3) is 0.333. The van der Waals surface area contributed by atoms with E-state index in [4.69, 9.17) is 9.47 Å². The third-order valence-corrected chi connectivity index (χ3v) is 5.06. The molecule has 0 bridgehead atoms. The molecule has 0 aliphatic carbocycles. The van der Waals surface area contributed by atoms with Gasteiger partial charge in [-0.05, 0) is 62.7 Å². The van der Waals surface area contributed by atoms with E-state index in [2.05, 4.69) is 16.5 Å². The normalized spacial score (nSPS) is 11.7. The molecular weight excluding hydrogens is 360 g/mol. The topological polar surface area (TPSA) is 52.8 Å². The maximum Gasteiger partial charge on any atom is 0.279 e. The van der Waals surface area contributed by atoms with Crippen LogP contribution in [0.4, 0.5) is 0 Å². The molecule has 142 valence electrons. The molecule has 0 atom stereocenters. The Labute approximate surface area is 162 Å². The highest BCUT2D eigenvalue weighted by molar-refractivity contribution is 7.16. The highest BCUT2D eigenvalue weighted by atomic mass is 32.1. The second-order valence-corrected chi connectivity index (χ2v) is 6.98. The van der Waals surface area contributed by atoms with Gasteiger partial charge in [-0.2, -0.15) is 4.99 Å². The fourth-order valence-electron chi connectivity index (χ4n) is 2.85. The summed E-state index contributed by atoms with van der Waals surface area (Å²) in [5.74, 6) is 1.33. The van der Waals surface area contributed by atoms with Crippen LogP contribution >= 0.6 is 11.3 Å². The van der Waals surface area contributed by atoms with E-state index in [-0.39, 0.29) is 5.91 Å². The van der Waals surface area contributed by atoms with E-state index in [0.29, 0.717) is 23.6 Å². The number of rotatable bonds is 7. The van der Waals surface area contributed by atoms with Gasteiger partial charge in [0.15, 0.2) is 4.80 Å². The number of hydrogen-bond donors (Lipinski definition) is 0. The second kappa shape index (κ2) is 8.86. The average Bonchev–Trinajstić information content (AvgIpc) is 3.00. The molecule has 0 unspecified atom stereocenters. The largest absolute Gasteiger partial charge is 0.494 e. The van der Waals surface area contributed by atoms with Crippen molar-refractivity contribution in [3.8, 4) is 11.5 Å². The molecule has 3 aromatic rings. The van der Waals surface area contributed by atoms with Crippen molar-refractivity contribution in [2.45, 2.75) is 33.7 Å². The molecule has 1 heterocycles. The molecule has 0 N–H and O–H groups in total. The molecule has 0 fully saturated rings. The zero-order chi connectivity index (χ0) is 19.2. The molecule has 1 aromatic heterocycles. The maximum absolute atomic E-state index is 12.6. The summed E-state index contributed by atoms with van der Waals surface area (Å²) in [4.78, 5) is 17.8. The van der Waals surface area contributed by atoms with Crippen LogP contribution in [0.1, 0.15) is 37.6 Å². The highest BCUT2D eigenvalue weighted by Gasteiger charge is 2.10. The first-order valence-corrected chi connectivity index (χ1v) is 10.1. The molecule has 1 amide bonds. The van der Waals surface area contributed by atoms with E-state index in [0.717, 1.165) is 34.7 Å². The van der Waals surface area contributed by atoms with Crippen molar-refractivity contribution in [3.63, 3.8) is 0 Å². The Morgan fingerprint density at radius 2 is 1.67 bits per heavy atom. The quantitative estimate of drug-likeness (QED) is 0.596.